The minimum Gasteiger partial charge on any atom is -0.378 e. The number of nitrogens with one attached hydrogen (secondary N) is 1. The fourth-order valence-corrected chi connectivity index (χ4v) is 2.79. The fraction of sp³-hybridized carbons (Fsp3) is 0.500. The fourth-order valence-electron chi connectivity index (χ4n) is 2.79. The second-order valence-electron chi connectivity index (χ2n) is 5.82. The smallest absolute Gasteiger partial charge is 0.147 e. The summed E-state index contributed by atoms with van der Waals surface area (Å²) in [5.41, 5.74) is 2.85. The zero-order valence-corrected chi connectivity index (χ0v) is 12.7. The Hall–Kier alpha value is -1.59. The van der Waals surface area contributed by atoms with Crippen LogP contribution < -0.4 is 4.90 Å². The van der Waals surface area contributed by atoms with E-state index in [1.54, 1.807) is 6.07 Å². The van der Waals surface area contributed by atoms with Crippen LogP contribution in [0.5, 0.6) is 0 Å². The van der Waals surface area contributed by atoms with Crippen LogP contribution in [-0.4, -0.2) is 56.8 Å². The second kappa shape index (κ2) is 6.03. The number of hydrogen-bond acceptors (Lipinski definition) is 3. The van der Waals surface area contributed by atoms with E-state index in [2.05, 4.69) is 14.8 Å². The lowest BCUT2D eigenvalue weighted by Crippen LogP contribution is -2.36. The zero-order chi connectivity index (χ0) is 14.8. The molecule has 3 rings (SSSR count). The van der Waals surface area contributed by atoms with E-state index in [1.165, 1.54) is 5.56 Å². The van der Waals surface area contributed by atoms with Gasteiger partial charge >= 0.3 is 0 Å². The molecule has 0 radical (unpaired) electrons. The van der Waals surface area contributed by atoms with Crippen molar-refractivity contribution in [2.24, 2.45) is 0 Å². The highest BCUT2D eigenvalue weighted by molar-refractivity contribution is 5.86. The van der Waals surface area contributed by atoms with E-state index in [-0.39, 0.29) is 5.82 Å². The van der Waals surface area contributed by atoms with Gasteiger partial charge in [-0.25, -0.2) is 4.39 Å². The molecule has 1 aliphatic rings. The van der Waals surface area contributed by atoms with Gasteiger partial charge in [0.25, 0.3) is 0 Å². The van der Waals surface area contributed by atoms with Gasteiger partial charge < -0.3 is 19.5 Å². The Balaban J connectivity index is 1.90. The molecule has 4 nitrogen and oxygen atoms in total. The average Bonchev–Trinajstić information content (AvgIpc) is 2.87. The van der Waals surface area contributed by atoms with E-state index in [9.17, 15) is 4.39 Å². The Kier molecular flexibility index (Phi) is 4.12. The largest absolute Gasteiger partial charge is 0.378 e. The topological polar surface area (TPSA) is 31.5 Å². The average molecular weight is 291 g/mol. The molecular formula is C16H22FN3O. The van der Waals surface area contributed by atoms with Crippen LogP contribution in [0, 0.1) is 5.82 Å². The number of hydrogen-bond donors (Lipinski definition) is 1. The van der Waals surface area contributed by atoms with E-state index in [0.717, 1.165) is 37.0 Å². The molecule has 114 valence electrons. The normalized spacial score (nSPS) is 16.1. The standard InChI is InChI=1S/C16H22FN3O/c1-19(2)4-3-12-11-18-15-10-16(14(17)9-13(12)15)20-5-7-21-8-6-20/h9-11,18H,3-8H2,1-2H3. The molecule has 1 fully saturated rings. The Morgan fingerprint density at radius 2 is 2.05 bits per heavy atom. The molecule has 0 spiro atoms. The molecule has 0 atom stereocenters. The number of morpholine rings is 1. The van der Waals surface area contributed by atoms with Crippen molar-refractivity contribution in [2.45, 2.75) is 6.42 Å². The van der Waals surface area contributed by atoms with Gasteiger partial charge in [0, 0.05) is 36.7 Å². The minimum atomic E-state index is -0.143. The third kappa shape index (κ3) is 3.04. The summed E-state index contributed by atoms with van der Waals surface area (Å²) >= 11 is 0. The summed E-state index contributed by atoms with van der Waals surface area (Å²) in [7, 11) is 4.10. The van der Waals surface area contributed by atoms with Crippen LogP contribution in [0.4, 0.5) is 10.1 Å². The summed E-state index contributed by atoms with van der Waals surface area (Å²) in [4.78, 5) is 7.47. The summed E-state index contributed by atoms with van der Waals surface area (Å²) in [6, 6.07) is 3.59. The lowest BCUT2D eigenvalue weighted by Gasteiger charge is -2.29. The molecule has 1 N–H and O–H groups in total. The zero-order valence-electron chi connectivity index (χ0n) is 12.7. The molecule has 0 amide bonds. The van der Waals surface area contributed by atoms with Crippen LogP contribution in [-0.2, 0) is 11.2 Å². The lowest BCUT2D eigenvalue weighted by atomic mass is 10.1. The number of benzene rings is 1. The van der Waals surface area contributed by atoms with Crippen molar-refractivity contribution in [3.8, 4) is 0 Å². The number of rotatable bonds is 4. The summed E-state index contributed by atoms with van der Waals surface area (Å²) < 4.78 is 19.8. The van der Waals surface area contributed by atoms with E-state index in [0.29, 0.717) is 18.9 Å². The number of ether oxygens (including phenoxy) is 1. The van der Waals surface area contributed by atoms with Crippen LogP contribution in [0.25, 0.3) is 10.9 Å². The summed E-state index contributed by atoms with van der Waals surface area (Å²) in [5, 5.41) is 0.992. The van der Waals surface area contributed by atoms with Crippen LogP contribution in [0.15, 0.2) is 18.3 Å². The third-order valence-electron chi connectivity index (χ3n) is 4.01. The Morgan fingerprint density at radius 1 is 1.29 bits per heavy atom. The monoisotopic (exact) mass is 291 g/mol. The van der Waals surface area contributed by atoms with Gasteiger partial charge in [0.15, 0.2) is 0 Å². The highest BCUT2D eigenvalue weighted by atomic mass is 19.1. The van der Waals surface area contributed by atoms with E-state index >= 15 is 0 Å². The van der Waals surface area contributed by atoms with Crippen LogP contribution in [0.3, 0.4) is 0 Å². The van der Waals surface area contributed by atoms with Gasteiger partial charge in [-0.05, 0) is 38.2 Å². The molecule has 2 aromatic rings. The summed E-state index contributed by atoms with van der Waals surface area (Å²) in [6.45, 7) is 3.78. The minimum absolute atomic E-state index is 0.143. The van der Waals surface area contributed by atoms with Gasteiger partial charge in [-0.1, -0.05) is 0 Å². The number of fused-ring (bicyclic) bond motifs is 1. The van der Waals surface area contributed by atoms with Crippen molar-refractivity contribution >= 4 is 16.6 Å². The van der Waals surface area contributed by atoms with Crippen LogP contribution in [0.1, 0.15) is 5.56 Å². The summed E-state index contributed by atoms with van der Waals surface area (Å²) in [5.74, 6) is -0.143. The maximum Gasteiger partial charge on any atom is 0.147 e. The van der Waals surface area contributed by atoms with Crippen LogP contribution in [0.2, 0.25) is 0 Å². The number of aromatic amines is 1. The highest BCUT2D eigenvalue weighted by Gasteiger charge is 2.17. The van der Waals surface area contributed by atoms with E-state index in [1.807, 2.05) is 26.4 Å². The maximum atomic E-state index is 14.5. The molecule has 5 heteroatoms. The molecule has 0 saturated carbocycles. The quantitative estimate of drug-likeness (QED) is 0.937. The predicted octanol–water partition coefficient (Wildman–Crippen LogP) is 2.25. The van der Waals surface area contributed by atoms with Crippen molar-refractivity contribution < 1.29 is 9.13 Å². The van der Waals surface area contributed by atoms with Gasteiger partial charge in [-0.3, -0.25) is 0 Å². The van der Waals surface area contributed by atoms with Crippen molar-refractivity contribution in [2.75, 3.05) is 51.8 Å². The molecule has 0 unspecified atom stereocenters. The van der Waals surface area contributed by atoms with E-state index < -0.39 is 0 Å². The maximum absolute atomic E-state index is 14.5. The number of aromatic nitrogens is 1. The number of likely N-dealkylation sites (N-methyl/N-ethyl adjacent to an activating group) is 1. The Morgan fingerprint density at radius 3 is 2.76 bits per heavy atom. The van der Waals surface area contributed by atoms with Crippen LogP contribution >= 0.6 is 0 Å². The highest BCUT2D eigenvalue weighted by Crippen LogP contribution is 2.28. The number of halogens is 1. The second-order valence-corrected chi connectivity index (χ2v) is 5.82. The van der Waals surface area contributed by atoms with Crippen molar-refractivity contribution in [3.63, 3.8) is 0 Å². The van der Waals surface area contributed by atoms with Crippen molar-refractivity contribution in [3.05, 3.63) is 29.7 Å². The molecule has 2 heterocycles. The SMILES string of the molecule is CN(C)CCc1c[nH]c2cc(N3CCOCC3)c(F)cc12. The molecule has 1 aromatic carbocycles. The molecule has 1 aromatic heterocycles. The van der Waals surface area contributed by atoms with Gasteiger partial charge in [0.1, 0.15) is 5.82 Å². The Labute approximate surface area is 124 Å². The molecule has 1 aliphatic heterocycles. The first-order valence-electron chi connectivity index (χ1n) is 7.42. The molecule has 21 heavy (non-hydrogen) atoms. The summed E-state index contributed by atoms with van der Waals surface area (Å²) in [6.07, 6.45) is 2.92. The van der Waals surface area contributed by atoms with E-state index in [4.69, 9.17) is 4.74 Å². The van der Waals surface area contributed by atoms with Crippen molar-refractivity contribution in [1.82, 2.24) is 9.88 Å². The molecular weight excluding hydrogens is 269 g/mol. The first kappa shape index (κ1) is 14.4. The number of nitrogens with zero attached hydrogens (tertiary/aromatic N) is 2. The first-order valence-corrected chi connectivity index (χ1v) is 7.42. The molecule has 0 aliphatic carbocycles. The van der Waals surface area contributed by atoms with Crippen molar-refractivity contribution in [1.29, 1.82) is 0 Å². The van der Waals surface area contributed by atoms with Gasteiger partial charge in [-0.15, -0.1) is 0 Å². The number of H-pyrrole nitrogens is 1. The first-order chi connectivity index (χ1) is 10.1. The third-order valence-corrected chi connectivity index (χ3v) is 4.01. The Bertz CT molecular complexity index is 617. The number of anilines is 1. The molecule has 0 bridgehead atoms. The molecule has 1 saturated heterocycles. The predicted molar refractivity (Wildman–Crippen MR) is 83.5 cm³/mol. The van der Waals surface area contributed by atoms with Gasteiger partial charge in [0.05, 0.1) is 18.9 Å². The lowest BCUT2D eigenvalue weighted by molar-refractivity contribution is 0.122. The van der Waals surface area contributed by atoms with Gasteiger partial charge in [0.2, 0.25) is 0 Å². The van der Waals surface area contributed by atoms with Gasteiger partial charge in [-0.2, -0.15) is 0 Å².